The molecule has 2 aromatic rings. The highest BCUT2D eigenvalue weighted by Crippen LogP contribution is 2.31. The molecule has 0 aliphatic heterocycles. The second-order valence-corrected chi connectivity index (χ2v) is 7.27. The molecule has 150 valence electrons. The van der Waals surface area contributed by atoms with Crippen molar-refractivity contribution in [2.75, 3.05) is 11.9 Å². The Morgan fingerprint density at radius 3 is 2.68 bits per heavy atom. The van der Waals surface area contributed by atoms with E-state index in [1.807, 2.05) is 0 Å². The van der Waals surface area contributed by atoms with E-state index in [9.17, 15) is 18.4 Å². The van der Waals surface area contributed by atoms with Crippen LogP contribution in [0.3, 0.4) is 0 Å². The molecule has 28 heavy (non-hydrogen) atoms. The number of primary amides is 1. The first-order chi connectivity index (χ1) is 13.5. The molecule has 1 aromatic heterocycles. The van der Waals surface area contributed by atoms with Crippen LogP contribution in [-0.4, -0.2) is 22.9 Å². The van der Waals surface area contributed by atoms with Gasteiger partial charge in [0.2, 0.25) is 5.88 Å². The Bertz CT molecular complexity index is 871. The second kappa shape index (κ2) is 8.96. The van der Waals surface area contributed by atoms with Crippen LogP contribution in [0.15, 0.2) is 18.2 Å². The minimum absolute atomic E-state index is 0.0602. The number of rotatable bonds is 9. The highest BCUT2D eigenvalue weighted by atomic mass is 32.1. The van der Waals surface area contributed by atoms with Gasteiger partial charge in [0.25, 0.3) is 5.91 Å². The van der Waals surface area contributed by atoms with Crippen LogP contribution in [-0.2, 0) is 20.0 Å². The van der Waals surface area contributed by atoms with Gasteiger partial charge in [0.05, 0.1) is 0 Å². The van der Waals surface area contributed by atoms with Gasteiger partial charge >= 0.3 is 6.03 Å². The van der Waals surface area contributed by atoms with E-state index in [2.05, 4.69) is 15.0 Å². The standard InChI is InChI=1S/C18H20F2N4O3S/c19-6-11-3-4-12(7-20)13(5-11)9-27-16-14(15(21)25)17(28-24-16)23-18(26)22-8-10-1-2-10/h3-5,10H,1-2,6-9H2,(H2,21,25)(H2,22,23,26). The van der Waals surface area contributed by atoms with Crippen molar-refractivity contribution in [1.29, 1.82) is 0 Å². The summed E-state index contributed by atoms with van der Waals surface area (Å²) in [7, 11) is 0. The zero-order chi connectivity index (χ0) is 20.1. The number of nitrogens with one attached hydrogen (secondary N) is 2. The number of hydrogen-bond acceptors (Lipinski definition) is 5. The van der Waals surface area contributed by atoms with E-state index in [1.54, 1.807) is 0 Å². The summed E-state index contributed by atoms with van der Waals surface area (Å²) in [5, 5.41) is 5.43. The van der Waals surface area contributed by atoms with E-state index in [0.29, 0.717) is 29.2 Å². The maximum Gasteiger partial charge on any atom is 0.319 e. The molecule has 0 radical (unpaired) electrons. The summed E-state index contributed by atoms with van der Waals surface area (Å²) < 4.78 is 35.6. The van der Waals surface area contributed by atoms with Crippen LogP contribution in [0.1, 0.15) is 39.9 Å². The number of alkyl halides is 2. The topological polar surface area (TPSA) is 106 Å². The monoisotopic (exact) mass is 410 g/mol. The summed E-state index contributed by atoms with van der Waals surface area (Å²) in [5.74, 6) is -0.374. The summed E-state index contributed by atoms with van der Waals surface area (Å²) in [4.78, 5) is 23.8. The van der Waals surface area contributed by atoms with Crippen LogP contribution in [0.25, 0.3) is 0 Å². The van der Waals surface area contributed by atoms with Crippen molar-refractivity contribution in [3.63, 3.8) is 0 Å². The Balaban J connectivity index is 1.71. The number of halogens is 2. The number of benzene rings is 1. The molecule has 0 saturated heterocycles. The fourth-order valence-corrected chi connectivity index (χ4v) is 3.29. The Hall–Kier alpha value is -2.75. The number of ether oxygens (including phenoxy) is 1. The van der Waals surface area contributed by atoms with Crippen molar-refractivity contribution in [2.45, 2.75) is 32.8 Å². The molecule has 1 heterocycles. The first-order valence-electron chi connectivity index (χ1n) is 8.71. The van der Waals surface area contributed by atoms with Gasteiger partial charge in [-0.2, -0.15) is 4.37 Å². The van der Waals surface area contributed by atoms with Gasteiger partial charge in [-0.05, 0) is 53.0 Å². The van der Waals surface area contributed by atoms with Gasteiger partial charge in [0.1, 0.15) is 30.5 Å². The molecule has 0 bridgehead atoms. The normalized spacial score (nSPS) is 13.2. The van der Waals surface area contributed by atoms with Crippen molar-refractivity contribution >= 4 is 28.5 Å². The average Bonchev–Trinajstić information content (AvgIpc) is 3.44. The summed E-state index contributed by atoms with van der Waals surface area (Å²) in [6, 6.07) is 4.02. The third-order valence-electron chi connectivity index (χ3n) is 4.32. The van der Waals surface area contributed by atoms with E-state index in [4.69, 9.17) is 10.5 Å². The number of nitrogens with zero attached hydrogens (tertiary/aromatic N) is 1. The Labute approximate surface area is 164 Å². The van der Waals surface area contributed by atoms with Gasteiger partial charge in [-0.15, -0.1) is 0 Å². The number of aromatic nitrogens is 1. The van der Waals surface area contributed by atoms with E-state index in [0.717, 1.165) is 24.4 Å². The van der Waals surface area contributed by atoms with E-state index in [-0.39, 0.29) is 23.1 Å². The predicted octanol–water partition coefficient (Wildman–Crippen LogP) is 3.29. The van der Waals surface area contributed by atoms with Crippen molar-refractivity contribution in [3.8, 4) is 5.88 Å². The first-order valence-corrected chi connectivity index (χ1v) is 9.48. The molecule has 3 rings (SSSR count). The summed E-state index contributed by atoms with van der Waals surface area (Å²) in [6.07, 6.45) is 2.19. The van der Waals surface area contributed by atoms with Gasteiger partial charge in [-0.25, -0.2) is 13.6 Å². The van der Waals surface area contributed by atoms with Crippen molar-refractivity contribution in [2.24, 2.45) is 11.7 Å². The number of urea groups is 1. The fraction of sp³-hybridized carbons (Fsp3) is 0.389. The Kier molecular flexibility index (Phi) is 6.40. The van der Waals surface area contributed by atoms with Gasteiger partial charge < -0.3 is 15.8 Å². The van der Waals surface area contributed by atoms with Gasteiger partial charge in [-0.3, -0.25) is 10.1 Å². The number of hydrogen-bond donors (Lipinski definition) is 3. The molecule has 1 aromatic carbocycles. The average molecular weight is 410 g/mol. The molecule has 1 fully saturated rings. The van der Waals surface area contributed by atoms with Crippen molar-refractivity contribution in [3.05, 3.63) is 40.5 Å². The molecule has 7 nitrogen and oxygen atoms in total. The quantitative estimate of drug-likeness (QED) is 0.590. The van der Waals surface area contributed by atoms with E-state index in [1.165, 1.54) is 18.2 Å². The molecule has 1 saturated carbocycles. The Morgan fingerprint density at radius 2 is 2.04 bits per heavy atom. The number of anilines is 1. The van der Waals surface area contributed by atoms with Gasteiger partial charge in [0.15, 0.2) is 0 Å². The van der Waals surface area contributed by atoms with E-state index < -0.39 is 25.3 Å². The van der Waals surface area contributed by atoms with Crippen LogP contribution in [0.4, 0.5) is 18.6 Å². The third-order valence-corrected chi connectivity index (χ3v) is 5.06. The second-order valence-electron chi connectivity index (χ2n) is 6.49. The lowest BCUT2D eigenvalue weighted by Gasteiger charge is -2.10. The molecule has 1 aliphatic rings. The summed E-state index contributed by atoms with van der Waals surface area (Å²) in [5.41, 5.74) is 6.53. The Morgan fingerprint density at radius 1 is 1.25 bits per heavy atom. The lowest BCUT2D eigenvalue weighted by molar-refractivity contribution is 0.0996. The largest absolute Gasteiger partial charge is 0.472 e. The predicted molar refractivity (Wildman–Crippen MR) is 101 cm³/mol. The molecule has 10 heteroatoms. The van der Waals surface area contributed by atoms with Gasteiger partial charge in [-0.1, -0.05) is 12.1 Å². The van der Waals surface area contributed by atoms with Crippen molar-refractivity contribution < 1.29 is 23.1 Å². The molecule has 4 N–H and O–H groups in total. The van der Waals surface area contributed by atoms with Crippen LogP contribution >= 0.6 is 11.5 Å². The molecule has 0 spiro atoms. The zero-order valence-corrected chi connectivity index (χ0v) is 15.8. The van der Waals surface area contributed by atoms with E-state index >= 15 is 0 Å². The number of amides is 3. The maximum absolute atomic E-state index is 13.1. The number of carbonyl (C=O) groups excluding carboxylic acids is 2. The number of carbonyl (C=O) groups is 2. The summed E-state index contributed by atoms with van der Waals surface area (Å²) in [6.45, 7) is -0.979. The lowest BCUT2D eigenvalue weighted by Crippen LogP contribution is -2.30. The molecule has 3 amide bonds. The van der Waals surface area contributed by atoms with Crippen LogP contribution < -0.4 is 21.1 Å². The molecular weight excluding hydrogens is 390 g/mol. The highest BCUT2D eigenvalue weighted by molar-refractivity contribution is 7.11. The minimum Gasteiger partial charge on any atom is -0.472 e. The van der Waals surface area contributed by atoms with Gasteiger partial charge in [0, 0.05) is 6.54 Å². The smallest absolute Gasteiger partial charge is 0.319 e. The zero-order valence-electron chi connectivity index (χ0n) is 15.0. The highest BCUT2D eigenvalue weighted by Gasteiger charge is 2.24. The van der Waals surface area contributed by atoms with Crippen LogP contribution in [0.5, 0.6) is 5.88 Å². The lowest BCUT2D eigenvalue weighted by atomic mass is 10.1. The maximum atomic E-state index is 13.1. The summed E-state index contributed by atoms with van der Waals surface area (Å²) >= 11 is 0.854. The van der Waals surface area contributed by atoms with Crippen LogP contribution in [0, 0.1) is 5.92 Å². The first kappa shape index (κ1) is 20.0. The van der Waals surface area contributed by atoms with Crippen LogP contribution in [0.2, 0.25) is 0 Å². The molecule has 0 atom stereocenters. The SMILES string of the molecule is NC(=O)c1c(OCc2cc(CF)ccc2CF)nsc1NC(=O)NCC1CC1. The van der Waals surface area contributed by atoms with Crippen molar-refractivity contribution in [1.82, 2.24) is 9.69 Å². The third kappa shape index (κ3) is 4.94. The molecular formula is C18H20F2N4O3S. The molecule has 0 unspecified atom stereocenters. The fourth-order valence-electron chi connectivity index (χ4n) is 2.56. The number of nitrogens with two attached hydrogens (primary N) is 1. The molecule has 1 aliphatic carbocycles. The minimum atomic E-state index is -0.815.